The first-order valence-electron chi connectivity index (χ1n) is 15.0. The Balaban J connectivity index is 0.000000223. The lowest BCUT2D eigenvalue weighted by atomic mass is 9.97. The van der Waals surface area contributed by atoms with Crippen LogP contribution in [-0.4, -0.2) is 57.0 Å². The number of nitrogens with zero attached hydrogens (tertiary/aromatic N) is 4. The fraction of sp³-hybridized carbons (Fsp3) is 0.270. The van der Waals surface area contributed by atoms with Gasteiger partial charge in [-0.1, -0.05) is 80.3 Å². The van der Waals surface area contributed by atoms with Crippen molar-refractivity contribution in [2.24, 2.45) is 5.41 Å². The number of carbonyl (C=O) groups excluding carboxylic acids is 2. The van der Waals surface area contributed by atoms with Gasteiger partial charge in [0.2, 0.25) is 5.82 Å². The fourth-order valence-corrected chi connectivity index (χ4v) is 4.51. The summed E-state index contributed by atoms with van der Waals surface area (Å²) in [6.45, 7) is 6.69. The van der Waals surface area contributed by atoms with Crippen LogP contribution in [0.3, 0.4) is 0 Å². The number of pyridine rings is 1. The second-order valence-corrected chi connectivity index (χ2v) is 12.8. The summed E-state index contributed by atoms with van der Waals surface area (Å²) in [5, 5.41) is 3.14. The largest absolute Gasteiger partial charge is 0.411 e. The third-order valence-corrected chi connectivity index (χ3v) is 7.47. The van der Waals surface area contributed by atoms with E-state index in [0.717, 1.165) is 12.6 Å². The highest BCUT2D eigenvalue weighted by atomic mass is 35.5. The molecule has 1 aliphatic carbocycles. The summed E-state index contributed by atoms with van der Waals surface area (Å²) in [6.07, 6.45) is -0.700. The van der Waals surface area contributed by atoms with Crippen LogP contribution in [0, 0.1) is 34.9 Å². The van der Waals surface area contributed by atoms with E-state index in [1.807, 2.05) is 51.1 Å². The van der Waals surface area contributed by atoms with Crippen molar-refractivity contribution in [2.45, 2.75) is 45.3 Å². The number of amides is 2. The molecule has 0 bridgehead atoms. The Morgan fingerprint density at radius 2 is 1.41 bits per heavy atom. The van der Waals surface area contributed by atoms with Crippen LogP contribution in [0.5, 0.6) is 0 Å². The maximum absolute atomic E-state index is 13.1. The number of hydrogen-bond acceptors (Lipinski definition) is 5. The molecule has 252 valence electrons. The maximum Gasteiger partial charge on any atom is 0.411 e. The van der Waals surface area contributed by atoms with E-state index >= 15 is 0 Å². The molecule has 2 aromatic heterocycles. The molecule has 0 spiro atoms. The number of carbonyl (C=O) groups is 2. The molecule has 0 unspecified atom stereocenters. The topological polar surface area (TPSA) is 88.1 Å². The minimum Gasteiger partial charge on any atom is -0.350 e. The minimum absolute atomic E-state index is 0.00321. The SMILES string of the molecule is CC(C)(C)CNC(=O)c1ncc(C#Cc2ccccc2)cc1Cl.CN(C(=O)c1ncc(C#Cc2cccc(F)c2)cn1)C1(C(F)(F)F)CC1. The van der Waals surface area contributed by atoms with E-state index in [9.17, 15) is 27.2 Å². The maximum atomic E-state index is 13.1. The Bertz CT molecular complexity index is 1930. The molecule has 0 saturated heterocycles. The average molecular weight is 690 g/mol. The van der Waals surface area contributed by atoms with Crippen LogP contribution in [0.1, 0.15) is 77.0 Å². The number of rotatable bonds is 4. The van der Waals surface area contributed by atoms with E-state index in [0.29, 0.717) is 33.2 Å². The summed E-state index contributed by atoms with van der Waals surface area (Å²) in [7, 11) is 1.10. The summed E-state index contributed by atoms with van der Waals surface area (Å²) in [6, 6.07) is 17.0. The van der Waals surface area contributed by atoms with E-state index in [2.05, 4.69) is 44.0 Å². The van der Waals surface area contributed by atoms with Crippen molar-refractivity contribution in [3.8, 4) is 23.7 Å². The minimum atomic E-state index is -4.49. The first-order valence-corrected chi connectivity index (χ1v) is 15.4. The Labute approximate surface area is 287 Å². The van der Waals surface area contributed by atoms with Crippen LogP contribution in [0.2, 0.25) is 5.02 Å². The third kappa shape index (κ3) is 10.1. The standard InChI is InChI=1S/C19H19ClN2O.C18H13F4N3O/c1-19(2,3)13-22-18(23)17-16(20)11-15(12-21-17)10-9-14-7-5-4-6-8-14;1-25(17(7-8-17)18(20,21)22)16(26)15-23-10-13(11-24-15)6-5-12-3-2-4-14(19)9-12/h4-8,11-12H,13H2,1-3H3,(H,22,23);2-4,9-11H,7-8H2,1H3. The molecule has 5 rings (SSSR count). The molecule has 4 aromatic rings. The van der Waals surface area contributed by atoms with E-state index in [4.69, 9.17) is 11.6 Å². The smallest absolute Gasteiger partial charge is 0.350 e. The van der Waals surface area contributed by atoms with E-state index in [1.165, 1.54) is 30.6 Å². The predicted molar refractivity (Wildman–Crippen MR) is 178 cm³/mol. The summed E-state index contributed by atoms with van der Waals surface area (Å²) in [5.41, 5.74) is 0.492. The molecule has 0 atom stereocenters. The zero-order valence-electron chi connectivity index (χ0n) is 27.1. The van der Waals surface area contributed by atoms with Gasteiger partial charge in [-0.3, -0.25) is 9.59 Å². The summed E-state index contributed by atoms with van der Waals surface area (Å²) >= 11 is 6.16. The predicted octanol–water partition coefficient (Wildman–Crippen LogP) is 7.09. The lowest BCUT2D eigenvalue weighted by molar-refractivity contribution is -0.185. The number of hydrogen-bond donors (Lipinski definition) is 1. The van der Waals surface area contributed by atoms with Gasteiger partial charge in [0.05, 0.1) is 10.6 Å². The van der Waals surface area contributed by atoms with Crippen molar-refractivity contribution in [1.29, 1.82) is 0 Å². The van der Waals surface area contributed by atoms with Crippen LogP contribution < -0.4 is 5.32 Å². The van der Waals surface area contributed by atoms with Crippen molar-refractivity contribution in [3.05, 3.63) is 124 Å². The number of nitrogens with one attached hydrogen (secondary N) is 1. The quantitative estimate of drug-likeness (QED) is 0.183. The van der Waals surface area contributed by atoms with Gasteiger partial charge in [-0.05, 0) is 54.7 Å². The van der Waals surface area contributed by atoms with Crippen molar-refractivity contribution in [3.63, 3.8) is 0 Å². The summed E-state index contributed by atoms with van der Waals surface area (Å²) in [4.78, 5) is 36.7. The monoisotopic (exact) mass is 689 g/mol. The van der Waals surface area contributed by atoms with Crippen molar-refractivity contribution < 1.29 is 27.2 Å². The molecular weight excluding hydrogens is 658 g/mol. The molecule has 2 heterocycles. The molecule has 0 radical (unpaired) electrons. The molecular formula is C37H32ClF4N5O2. The first-order chi connectivity index (χ1) is 23.1. The molecule has 0 aliphatic heterocycles. The van der Waals surface area contributed by atoms with Crippen molar-refractivity contribution in [1.82, 2.24) is 25.2 Å². The zero-order chi connectivity index (χ0) is 35.8. The fourth-order valence-electron chi connectivity index (χ4n) is 4.25. The highest BCUT2D eigenvalue weighted by molar-refractivity contribution is 6.33. The Morgan fingerprint density at radius 3 is 1.98 bits per heavy atom. The van der Waals surface area contributed by atoms with Gasteiger partial charge in [0.1, 0.15) is 17.1 Å². The van der Waals surface area contributed by atoms with Crippen molar-refractivity contribution in [2.75, 3.05) is 13.6 Å². The Kier molecular flexibility index (Phi) is 11.4. The zero-order valence-corrected chi connectivity index (χ0v) is 27.9. The van der Waals surface area contributed by atoms with Crippen LogP contribution in [0.4, 0.5) is 17.6 Å². The molecule has 2 aromatic carbocycles. The number of alkyl halides is 3. The average Bonchev–Trinajstić information content (AvgIpc) is 3.88. The summed E-state index contributed by atoms with van der Waals surface area (Å²) in [5.74, 6) is 9.52. The highest BCUT2D eigenvalue weighted by Crippen LogP contribution is 2.53. The number of aromatic nitrogens is 3. The third-order valence-electron chi connectivity index (χ3n) is 7.18. The van der Waals surface area contributed by atoms with Gasteiger partial charge >= 0.3 is 6.18 Å². The second kappa shape index (κ2) is 15.3. The van der Waals surface area contributed by atoms with Gasteiger partial charge < -0.3 is 10.2 Å². The molecule has 1 saturated carbocycles. The van der Waals surface area contributed by atoms with Gasteiger partial charge in [-0.15, -0.1) is 0 Å². The molecule has 12 heteroatoms. The van der Waals surface area contributed by atoms with E-state index in [1.54, 1.807) is 18.3 Å². The van der Waals surface area contributed by atoms with Crippen LogP contribution in [-0.2, 0) is 0 Å². The summed E-state index contributed by atoms with van der Waals surface area (Å²) < 4.78 is 52.4. The van der Waals surface area contributed by atoms with E-state index in [-0.39, 0.29) is 35.7 Å². The van der Waals surface area contributed by atoms with Crippen molar-refractivity contribution >= 4 is 23.4 Å². The van der Waals surface area contributed by atoms with Gasteiger partial charge in [0.25, 0.3) is 11.8 Å². The van der Waals surface area contributed by atoms with Gasteiger partial charge in [-0.25, -0.2) is 19.3 Å². The van der Waals surface area contributed by atoms with Crippen LogP contribution in [0.25, 0.3) is 0 Å². The number of benzene rings is 2. The molecule has 7 nitrogen and oxygen atoms in total. The molecule has 1 N–H and O–H groups in total. The van der Waals surface area contributed by atoms with Gasteiger partial charge in [0, 0.05) is 48.9 Å². The first kappa shape index (κ1) is 36.6. The van der Waals surface area contributed by atoms with E-state index < -0.39 is 23.4 Å². The van der Waals surface area contributed by atoms with Crippen LogP contribution in [0.15, 0.2) is 79.3 Å². The highest BCUT2D eigenvalue weighted by Gasteiger charge is 2.67. The second-order valence-electron chi connectivity index (χ2n) is 12.4. The number of halogens is 5. The Hall–Kier alpha value is -5.26. The molecule has 1 aliphatic rings. The molecule has 1 fully saturated rings. The van der Waals surface area contributed by atoms with Crippen LogP contribution >= 0.6 is 11.6 Å². The van der Waals surface area contributed by atoms with Gasteiger partial charge in [0.15, 0.2) is 0 Å². The Morgan fingerprint density at radius 1 is 0.837 bits per heavy atom. The molecule has 49 heavy (non-hydrogen) atoms. The normalized spacial score (nSPS) is 12.9. The lowest BCUT2D eigenvalue weighted by Gasteiger charge is -2.29. The lowest BCUT2D eigenvalue weighted by Crippen LogP contribution is -2.49. The van der Waals surface area contributed by atoms with Gasteiger partial charge in [-0.2, -0.15) is 13.2 Å². The molecule has 2 amide bonds.